The molecule has 0 unspecified atom stereocenters. The van der Waals surface area contributed by atoms with Gasteiger partial charge in [0.1, 0.15) is 0 Å². The first-order valence-corrected chi connectivity index (χ1v) is 24.2. The molecule has 0 saturated heterocycles. The summed E-state index contributed by atoms with van der Waals surface area (Å²) in [4.78, 5) is 0. The van der Waals surface area contributed by atoms with Gasteiger partial charge in [-0.15, -0.1) is 0 Å². The fraction of sp³-hybridized carbons (Fsp3) is 0.867. The lowest BCUT2D eigenvalue weighted by atomic mass is 10.1. The predicted molar refractivity (Wildman–Crippen MR) is 225 cm³/mol. The third-order valence-electron chi connectivity index (χ3n) is 10.0. The van der Waals surface area contributed by atoms with Crippen molar-refractivity contribution in [3.63, 3.8) is 0 Å². The van der Waals surface area contributed by atoms with E-state index >= 15 is 0 Å². The molecule has 5 nitrogen and oxygen atoms in total. The molecule has 0 bridgehead atoms. The van der Waals surface area contributed by atoms with Crippen LogP contribution < -0.4 is 5.32 Å². The average molecular weight is 734 g/mol. The lowest BCUT2D eigenvalue weighted by Gasteiger charge is -2.28. The highest BCUT2D eigenvalue weighted by Gasteiger charge is 2.45. The molecular weight excluding hydrogens is 647 g/mol. The van der Waals surface area contributed by atoms with Gasteiger partial charge in [-0.3, -0.25) is 0 Å². The SMILES string of the molecule is CCCCCCCCCCCCO[Si](OCCCCCCCCCCCC)(OCCCCCCCCCCCC)OCCCNc1ccccc1. The number of unbranched alkanes of at least 4 members (excludes halogenated alkanes) is 27. The maximum Gasteiger partial charge on any atom is 0.679 e. The lowest BCUT2D eigenvalue weighted by molar-refractivity contribution is -0.0369. The first-order valence-electron chi connectivity index (χ1n) is 22.6. The van der Waals surface area contributed by atoms with Crippen molar-refractivity contribution < 1.29 is 17.7 Å². The van der Waals surface area contributed by atoms with Crippen LogP contribution in [0.3, 0.4) is 0 Å². The van der Waals surface area contributed by atoms with Crippen molar-refractivity contribution >= 4 is 14.7 Å². The minimum absolute atomic E-state index is 0.583. The topological polar surface area (TPSA) is 49.0 Å². The number of anilines is 1. The van der Waals surface area contributed by atoms with E-state index in [1.54, 1.807) is 0 Å². The fourth-order valence-electron chi connectivity index (χ4n) is 6.67. The summed E-state index contributed by atoms with van der Waals surface area (Å²) in [5, 5.41) is 3.52. The Hall–Kier alpha value is -0.923. The van der Waals surface area contributed by atoms with Crippen LogP contribution in [0.1, 0.15) is 220 Å². The number of hydrogen-bond donors (Lipinski definition) is 1. The van der Waals surface area contributed by atoms with Crippen LogP contribution in [0, 0.1) is 0 Å². The molecule has 0 aliphatic carbocycles. The Labute approximate surface area is 320 Å². The van der Waals surface area contributed by atoms with Crippen LogP contribution in [-0.4, -0.2) is 42.0 Å². The quantitative estimate of drug-likeness (QED) is 0.0535. The second-order valence-electron chi connectivity index (χ2n) is 15.1. The highest BCUT2D eigenvalue weighted by Crippen LogP contribution is 2.19. The highest BCUT2D eigenvalue weighted by molar-refractivity contribution is 6.53. The highest BCUT2D eigenvalue weighted by atomic mass is 28.4. The zero-order valence-corrected chi connectivity index (χ0v) is 35.5. The predicted octanol–water partition coefficient (Wildman–Crippen LogP) is 14.8. The summed E-state index contributed by atoms with van der Waals surface area (Å²) in [6, 6.07) is 10.4. The monoisotopic (exact) mass is 734 g/mol. The summed E-state index contributed by atoms with van der Waals surface area (Å²) in [6.45, 7) is 10.3. The van der Waals surface area contributed by atoms with Gasteiger partial charge in [0.2, 0.25) is 0 Å². The zero-order chi connectivity index (χ0) is 36.6. The largest absolute Gasteiger partial charge is 0.679 e. The van der Waals surface area contributed by atoms with E-state index < -0.39 is 9.05 Å². The molecule has 0 spiro atoms. The molecule has 0 aromatic heterocycles. The van der Waals surface area contributed by atoms with E-state index in [1.807, 2.05) is 0 Å². The number of rotatable bonds is 42. The van der Waals surface area contributed by atoms with E-state index in [4.69, 9.17) is 17.7 Å². The van der Waals surface area contributed by atoms with Crippen LogP contribution in [0.15, 0.2) is 30.3 Å². The number of para-hydroxylation sites is 1. The maximum atomic E-state index is 6.60. The number of hydrogen-bond acceptors (Lipinski definition) is 5. The maximum absolute atomic E-state index is 6.60. The summed E-state index contributed by atoms with van der Waals surface area (Å²) in [7, 11) is -3.23. The van der Waals surface area contributed by atoms with Gasteiger partial charge in [0.15, 0.2) is 0 Å². The number of benzene rings is 1. The third kappa shape index (κ3) is 32.2. The van der Waals surface area contributed by atoms with E-state index in [1.165, 1.54) is 173 Å². The third-order valence-corrected chi connectivity index (χ3v) is 12.3. The van der Waals surface area contributed by atoms with E-state index in [0.717, 1.165) is 37.9 Å². The van der Waals surface area contributed by atoms with Crippen molar-refractivity contribution in [1.29, 1.82) is 0 Å². The molecule has 0 atom stereocenters. The molecule has 6 heteroatoms. The average Bonchev–Trinajstić information content (AvgIpc) is 3.15. The summed E-state index contributed by atoms with van der Waals surface area (Å²) < 4.78 is 26.4. The molecule has 0 heterocycles. The molecule has 0 aliphatic heterocycles. The molecule has 0 amide bonds. The molecule has 1 rings (SSSR count). The standard InChI is InChI=1S/C45H87NO4Si/c1-4-7-10-13-16-19-22-25-28-34-41-47-51(50-44-37-40-46-45-38-32-31-33-39-45,48-42-35-29-26-23-20-17-14-11-8-5-2)49-43-36-30-27-24-21-18-15-12-9-6-3/h31-33,38-39,46H,4-30,34-37,40-44H2,1-3H3. The molecule has 1 N–H and O–H groups in total. The molecule has 0 aliphatic rings. The summed E-state index contributed by atoms with van der Waals surface area (Å²) in [5.74, 6) is 0. The van der Waals surface area contributed by atoms with E-state index in [9.17, 15) is 0 Å². The van der Waals surface area contributed by atoms with E-state index in [0.29, 0.717) is 26.4 Å². The Kier molecular flexibility index (Phi) is 36.6. The van der Waals surface area contributed by atoms with Gasteiger partial charge in [0.25, 0.3) is 0 Å². The van der Waals surface area contributed by atoms with Crippen molar-refractivity contribution in [3.8, 4) is 0 Å². The van der Waals surface area contributed by atoms with Crippen LogP contribution in [-0.2, 0) is 17.7 Å². The van der Waals surface area contributed by atoms with Gasteiger partial charge in [-0.1, -0.05) is 212 Å². The van der Waals surface area contributed by atoms with Crippen molar-refractivity contribution in [1.82, 2.24) is 0 Å². The van der Waals surface area contributed by atoms with Gasteiger partial charge < -0.3 is 23.0 Å². The molecule has 0 saturated carbocycles. The van der Waals surface area contributed by atoms with Gasteiger partial charge in [0.05, 0.1) is 0 Å². The van der Waals surface area contributed by atoms with Crippen molar-refractivity contribution in [2.24, 2.45) is 0 Å². The second-order valence-corrected chi connectivity index (χ2v) is 17.2. The molecule has 0 fully saturated rings. The minimum Gasteiger partial charge on any atom is -0.385 e. The first kappa shape index (κ1) is 48.1. The molecule has 1 aromatic rings. The van der Waals surface area contributed by atoms with Crippen LogP contribution in [0.2, 0.25) is 0 Å². The van der Waals surface area contributed by atoms with Gasteiger partial charge in [-0.25, -0.2) is 0 Å². The summed E-state index contributed by atoms with van der Waals surface area (Å²) >= 11 is 0. The second kappa shape index (κ2) is 38.8. The Balaban J connectivity index is 2.59. The lowest BCUT2D eigenvalue weighted by Crippen LogP contribution is -2.50. The zero-order valence-electron chi connectivity index (χ0n) is 34.5. The Morgan fingerprint density at radius 3 is 0.941 bits per heavy atom. The summed E-state index contributed by atoms with van der Waals surface area (Å²) in [6.07, 6.45) is 40.3. The Morgan fingerprint density at radius 2 is 0.627 bits per heavy atom. The van der Waals surface area contributed by atoms with Crippen LogP contribution in [0.25, 0.3) is 0 Å². The van der Waals surface area contributed by atoms with Crippen LogP contribution in [0.5, 0.6) is 0 Å². The smallest absolute Gasteiger partial charge is 0.385 e. The van der Waals surface area contributed by atoms with Gasteiger partial charge in [-0.2, -0.15) is 0 Å². The van der Waals surface area contributed by atoms with Crippen molar-refractivity contribution in [2.45, 2.75) is 220 Å². The Bertz CT molecular complexity index is 733. The number of nitrogens with one attached hydrogen (secondary N) is 1. The molecule has 0 radical (unpaired) electrons. The molecule has 51 heavy (non-hydrogen) atoms. The fourth-order valence-corrected chi connectivity index (χ4v) is 8.75. The minimum atomic E-state index is -3.23. The molecular formula is C45H87NO4Si. The van der Waals surface area contributed by atoms with Crippen molar-refractivity contribution in [3.05, 3.63) is 30.3 Å². The van der Waals surface area contributed by atoms with Gasteiger partial charge in [-0.05, 0) is 37.8 Å². The molecule has 300 valence electrons. The van der Waals surface area contributed by atoms with Gasteiger partial charge >= 0.3 is 9.05 Å². The van der Waals surface area contributed by atoms with E-state index in [-0.39, 0.29) is 0 Å². The van der Waals surface area contributed by atoms with Crippen molar-refractivity contribution in [2.75, 3.05) is 38.3 Å². The first-order chi connectivity index (χ1) is 25.3. The van der Waals surface area contributed by atoms with E-state index in [2.05, 4.69) is 56.4 Å². The van der Waals surface area contributed by atoms with Gasteiger partial charge in [0, 0.05) is 38.7 Å². The normalized spacial score (nSPS) is 11.8. The molecule has 1 aromatic carbocycles. The Morgan fingerprint density at radius 1 is 0.353 bits per heavy atom. The summed E-state index contributed by atoms with van der Waals surface area (Å²) in [5.41, 5.74) is 1.15. The van der Waals surface area contributed by atoms with Crippen LogP contribution >= 0.6 is 0 Å². The van der Waals surface area contributed by atoms with Crippen LogP contribution in [0.4, 0.5) is 5.69 Å².